The summed E-state index contributed by atoms with van der Waals surface area (Å²) < 4.78 is 0. The first kappa shape index (κ1) is 14.8. The average molecular weight is 312 g/mol. The number of benzene rings is 1. The van der Waals surface area contributed by atoms with E-state index in [0.29, 0.717) is 10.9 Å². The van der Waals surface area contributed by atoms with Gasteiger partial charge in [0.1, 0.15) is 0 Å². The fraction of sp³-hybridized carbons (Fsp3) is 0.222. The van der Waals surface area contributed by atoms with Crippen LogP contribution in [0.3, 0.4) is 0 Å². The number of nitrogens with one attached hydrogen (secondary N) is 1. The molecule has 0 bridgehead atoms. The fourth-order valence-electron chi connectivity index (χ4n) is 2.41. The van der Waals surface area contributed by atoms with Crippen LogP contribution in [-0.2, 0) is 6.42 Å². The molecule has 1 aromatic carbocycles. The van der Waals surface area contributed by atoms with Gasteiger partial charge in [-0.15, -0.1) is 0 Å². The van der Waals surface area contributed by atoms with E-state index in [-0.39, 0.29) is 0 Å². The predicted molar refractivity (Wildman–Crippen MR) is 90.2 cm³/mol. The predicted octanol–water partition coefficient (Wildman–Crippen LogP) is 4.84. The molecule has 0 saturated heterocycles. The van der Waals surface area contributed by atoms with Crippen LogP contribution in [0.5, 0.6) is 0 Å². The molecule has 0 aliphatic carbocycles. The third-order valence-electron chi connectivity index (χ3n) is 3.72. The van der Waals surface area contributed by atoms with Crippen LogP contribution in [0.2, 0.25) is 5.02 Å². The van der Waals surface area contributed by atoms with E-state index < -0.39 is 0 Å². The smallest absolute Gasteiger partial charge is 0.0939 e. The Morgan fingerprint density at radius 2 is 1.91 bits per heavy atom. The van der Waals surface area contributed by atoms with Gasteiger partial charge in [0.15, 0.2) is 0 Å². The van der Waals surface area contributed by atoms with Crippen molar-refractivity contribution in [2.75, 3.05) is 0 Å². The molecule has 22 heavy (non-hydrogen) atoms. The van der Waals surface area contributed by atoms with E-state index in [0.717, 1.165) is 23.4 Å². The van der Waals surface area contributed by atoms with Crippen molar-refractivity contribution in [2.24, 2.45) is 0 Å². The quantitative estimate of drug-likeness (QED) is 0.749. The van der Waals surface area contributed by atoms with Crippen molar-refractivity contribution in [3.05, 3.63) is 70.6 Å². The lowest BCUT2D eigenvalue weighted by Gasteiger charge is -2.06. The van der Waals surface area contributed by atoms with E-state index >= 15 is 0 Å². The minimum Gasteiger partial charge on any atom is -0.282 e. The summed E-state index contributed by atoms with van der Waals surface area (Å²) in [4.78, 5) is 4.00. The second-order valence-corrected chi connectivity index (χ2v) is 6.11. The van der Waals surface area contributed by atoms with Crippen molar-refractivity contribution in [3.8, 4) is 11.3 Å². The van der Waals surface area contributed by atoms with Crippen LogP contribution in [0.15, 0.2) is 48.8 Å². The average Bonchev–Trinajstić information content (AvgIpc) is 2.96. The zero-order valence-electron chi connectivity index (χ0n) is 12.7. The summed E-state index contributed by atoms with van der Waals surface area (Å²) in [7, 11) is 0. The molecule has 3 rings (SSSR count). The molecule has 0 aliphatic heterocycles. The normalized spacial score (nSPS) is 11.1. The molecule has 1 N–H and O–H groups in total. The third kappa shape index (κ3) is 3.20. The Morgan fingerprint density at radius 3 is 2.59 bits per heavy atom. The first-order chi connectivity index (χ1) is 10.6. The van der Waals surface area contributed by atoms with Crippen molar-refractivity contribution in [1.82, 2.24) is 15.2 Å². The number of nitrogens with zero attached hydrogens (tertiary/aromatic N) is 2. The number of pyridine rings is 1. The SMILES string of the molecule is CC(C)c1ccc(Cc2cc(-c3ccncc3Cl)n[nH]2)cc1. The highest BCUT2D eigenvalue weighted by Crippen LogP contribution is 2.26. The summed E-state index contributed by atoms with van der Waals surface area (Å²) in [5, 5.41) is 8.05. The summed E-state index contributed by atoms with van der Waals surface area (Å²) in [6.45, 7) is 4.41. The maximum atomic E-state index is 6.16. The molecule has 0 spiro atoms. The first-order valence-corrected chi connectivity index (χ1v) is 7.74. The van der Waals surface area contributed by atoms with Crippen LogP contribution in [0.25, 0.3) is 11.3 Å². The summed E-state index contributed by atoms with van der Waals surface area (Å²) in [5.74, 6) is 0.557. The number of aromatic nitrogens is 3. The number of aromatic amines is 1. The highest BCUT2D eigenvalue weighted by Gasteiger charge is 2.08. The zero-order chi connectivity index (χ0) is 15.5. The van der Waals surface area contributed by atoms with Crippen LogP contribution in [0.1, 0.15) is 36.6 Å². The minimum absolute atomic E-state index is 0.557. The molecule has 2 heterocycles. The lowest BCUT2D eigenvalue weighted by atomic mass is 10.0. The van der Waals surface area contributed by atoms with Gasteiger partial charge in [-0.25, -0.2) is 0 Å². The Morgan fingerprint density at radius 1 is 1.14 bits per heavy atom. The highest BCUT2D eigenvalue weighted by molar-refractivity contribution is 6.33. The largest absolute Gasteiger partial charge is 0.282 e. The van der Waals surface area contributed by atoms with Crippen LogP contribution < -0.4 is 0 Å². The van der Waals surface area contributed by atoms with Gasteiger partial charge in [0, 0.05) is 30.1 Å². The Kier molecular flexibility index (Phi) is 4.25. The number of halogens is 1. The molecule has 0 amide bonds. The van der Waals surface area contributed by atoms with E-state index in [2.05, 4.69) is 53.3 Å². The molecule has 0 atom stereocenters. The molecule has 0 fully saturated rings. The Bertz CT molecular complexity index is 760. The van der Waals surface area contributed by atoms with Gasteiger partial charge in [0.05, 0.1) is 10.7 Å². The molecule has 0 radical (unpaired) electrons. The van der Waals surface area contributed by atoms with Crippen LogP contribution in [0.4, 0.5) is 0 Å². The van der Waals surface area contributed by atoms with Gasteiger partial charge in [-0.1, -0.05) is 49.7 Å². The number of H-pyrrole nitrogens is 1. The summed E-state index contributed by atoms with van der Waals surface area (Å²) in [6.07, 6.45) is 4.18. The van der Waals surface area contributed by atoms with Gasteiger partial charge < -0.3 is 0 Å². The molecule has 4 heteroatoms. The van der Waals surface area contributed by atoms with Gasteiger partial charge in [0.2, 0.25) is 0 Å². The maximum absolute atomic E-state index is 6.16. The molecular formula is C18H18ClN3. The van der Waals surface area contributed by atoms with Gasteiger partial charge in [-0.3, -0.25) is 10.1 Å². The van der Waals surface area contributed by atoms with Gasteiger partial charge in [-0.2, -0.15) is 5.10 Å². The van der Waals surface area contributed by atoms with E-state index in [1.807, 2.05) is 12.1 Å². The molecule has 0 aliphatic rings. The number of rotatable bonds is 4. The lowest BCUT2D eigenvalue weighted by Crippen LogP contribution is -1.91. The van der Waals surface area contributed by atoms with E-state index in [1.165, 1.54) is 11.1 Å². The second kappa shape index (κ2) is 6.32. The summed E-state index contributed by atoms with van der Waals surface area (Å²) in [5.41, 5.74) is 5.44. The standard InChI is InChI=1S/C18H18ClN3/c1-12(2)14-5-3-13(4-6-14)9-15-10-18(22-21-15)16-7-8-20-11-17(16)19/h3-8,10-12H,9H2,1-2H3,(H,21,22). The van der Waals surface area contributed by atoms with E-state index in [9.17, 15) is 0 Å². The van der Waals surface area contributed by atoms with Crippen molar-refractivity contribution in [3.63, 3.8) is 0 Å². The molecule has 112 valence electrons. The molecule has 3 aromatic rings. The maximum Gasteiger partial charge on any atom is 0.0939 e. The monoisotopic (exact) mass is 311 g/mol. The topological polar surface area (TPSA) is 41.6 Å². The Balaban J connectivity index is 1.78. The summed E-state index contributed by atoms with van der Waals surface area (Å²) >= 11 is 6.16. The van der Waals surface area contributed by atoms with Crippen LogP contribution in [0, 0.1) is 0 Å². The number of hydrogen-bond acceptors (Lipinski definition) is 2. The zero-order valence-corrected chi connectivity index (χ0v) is 13.4. The van der Waals surface area contributed by atoms with Crippen LogP contribution in [-0.4, -0.2) is 15.2 Å². The molecular weight excluding hydrogens is 294 g/mol. The molecule has 0 saturated carbocycles. The molecule has 0 unspecified atom stereocenters. The van der Waals surface area contributed by atoms with Crippen molar-refractivity contribution >= 4 is 11.6 Å². The fourth-order valence-corrected chi connectivity index (χ4v) is 2.63. The van der Waals surface area contributed by atoms with Crippen molar-refractivity contribution < 1.29 is 0 Å². The number of hydrogen-bond donors (Lipinski definition) is 1. The molecule has 2 aromatic heterocycles. The Labute approximate surface area is 135 Å². The summed E-state index contributed by atoms with van der Waals surface area (Å²) in [6, 6.07) is 12.6. The van der Waals surface area contributed by atoms with Gasteiger partial charge in [0.25, 0.3) is 0 Å². The van der Waals surface area contributed by atoms with E-state index in [1.54, 1.807) is 12.4 Å². The first-order valence-electron chi connectivity index (χ1n) is 7.36. The minimum atomic E-state index is 0.557. The molecule has 3 nitrogen and oxygen atoms in total. The van der Waals surface area contributed by atoms with Crippen LogP contribution >= 0.6 is 11.6 Å². The van der Waals surface area contributed by atoms with Gasteiger partial charge >= 0.3 is 0 Å². The van der Waals surface area contributed by atoms with Crippen molar-refractivity contribution in [2.45, 2.75) is 26.2 Å². The van der Waals surface area contributed by atoms with E-state index in [4.69, 9.17) is 11.6 Å². The van der Waals surface area contributed by atoms with Gasteiger partial charge in [-0.05, 0) is 29.2 Å². The lowest BCUT2D eigenvalue weighted by molar-refractivity contribution is 0.865. The second-order valence-electron chi connectivity index (χ2n) is 5.71. The third-order valence-corrected chi connectivity index (χ3v) is 4.02. The van der Waals surface area contributed by atoms with Crippen molar-refractivity contribution in [1.29, 1.82) is 0 Å². The Hall–Kier alpha value is -2.13. The highest BCUT2D eigenvalue weighted by atomic mass is 35.5.